The Morgan fingerprint density at radius 2 is 1.78 bits per heavy atom. The Morgan fingerprint density at radius 3 is 2.52 bits per heavy atom. The van der Waals surface area contributed by atoms with Crippen molar-refractivity contribution in [2.75, 3.05) is 0 Å². The van der Waals surface area contributed by atoms with Crippen LogP contribution in [-0.4, -0.2) is 5.91 Å². The second-order valence-corrected chi connectivity index (χ2v) is 6.21. The van der Waals surface area contributed by atoms with Crippen LogP contribution >= 0.6 is 0 Å². The maximum atomic E-state index is 13.8. The lowest BCUT2D eigenvalue weighted by atomic mass is 10.1. The lowest BCUT2D eigenvalue weighted by Crippen LogP contribution is -2.26. The summed E-state index contributed by atoms with van der Waals surface area (Å²) in [5, 5.41) is 2.73. The first-order chi connectivity index (χ1) is 12.9. The lowest BCUT2D eigenvalue weighted by Gasteiger charge is -2.14. The minimum atomic E-state index is -0.954. The van der Waals surface area contributed by atoms with Crippen LogP contribution in [0, 0.1) is 17.5 Å². The second kappa shape index (κ2) is 8.12. The van der Waals surface area contributed by atoms with Crippen molar-refractivity contribution in [3.05, 3.63) is 83.4 Å². The summed E-state index contributed by atoms with van der Waals surface area (Å²) in [6, 6.07) is 12.7. The van der Waals surface area contributed by atoms with Gasteiger partial charge in [0.2, 0.25) is 5.91 Å². The van der Waals surface area contributed by atoms with Crippen molar-refractivity contribution in [1.82, 2.24) is 5.32 Å². The fourth-order valence-electron chi connectivity index (χ4n) is 2.73. The van der Waals surface area contributed by atoms with Crippen molar-refractivity contribution in [1.29, 1.82) is 0 Å². The number of benzene rings is 2. The van der Waals surface area contributed by atoms with Gasteiger partial charge in [-0.15, -0.1) is 0 Å². The average Bonchev–Trinajstić information content (AvgIpc) is 3.11. The summed E-state index contributed by atoms with van der Waals surface area (Å²) in [4.78, 5) is 12.1. The number of halogens is 3. The molecule has 3 rings (SSSR count). The van der Waals surface area contributed by atoms with E-state index < -0.39 is 17.7 Å². The summed E-state index contributed by atoms with van der Waals surface area (Å²) in [5.74, 6) is -1.55. The molecule has 0 unspecified atom stereocenters. The normalized spacial score (nSPS) is 12.0. The highest BCUT2D eigenvalue weighted by Crippen LogP contribution is 2.25. The van der Waals surface area contributed by atoms with Crippen LogP contribution in [0.25, 0.3) is 11.3 Å². The Balaban J connectivity index is 1.56. The zero-order valence-electron chi connectivity index (χ0n) is 14.6. The van der Waals surface area contributed by atoms with Gasteiger partial charge >= 0.3 is 0 Å². The van der Waals surface area contributed by atoms with E-state index in [1.807, 2.05) is 0 Å². The molecule has 0 spiro atoms. The van der Waals surface area contributed by atoms with Crippen molar-refractivity contribution in [2.45, 2.75) is 25.8 Å². The van der Waals surface area contributed by atoms with Gasteiger partial charge in [0, 0.05) is 12.8 Å². The SMILES string of the molecule is C[C@@H](NC(=O)CCc1ccc(-c2ccccc2F)o1)c1ccc(F)c(F)c1. The Hall–Kier alpha value is -3.02. The highest BCUT2D eigenvalue weighted by atomic mass is 19.2. The van der Waals surface area contributed by atoms with Gasteiger partial charge in [0.1, 0.15) is 17.3 Å². The molecule has 0 aliphatic heterocycles. The number of nitrogens with one attached hydrogen (secondary N) is 1. The first kappa shape index (κ1) is 18.8. The molecule has 0 bridgehead atoms. The average molecular weight is 373 g/mol. The van der Waals surface area contributed by atoms with Crippen molar-refractivity contribution in [3.8, 4) is 11.3 Å². The first-order valence-corrected chi connectivity index (χ1v) is 8.52. The van der Waals surface area contributed by atoms with Gasteiger partial charge in [-0.2, -0.15) is 0 Å². The molecule has 1 atom stereocenters. The Labute approximate surface area is 154 Å². The molecule has 27 heavy (non-hydrogen) atoms. The lowest BCUT2D eigenvalue weighted by molar-refractivity contribution is -0.121. The van der Waals surface area contributed by atoms with Crippen LogP contribution in [0.4, 0.5) is 13.2 Å². The maximum Gasteiger partial charge on any atom is 0.220 e. The van der Waals surface area contributed by atoms with Gasteiger partial charge in [-0.3, -0.25) is 4.79 Å². The van der Waals surface area contributed by atoms with Crippen LogP contribution in [-0.2, 0) is 11.2 Å². The van der Waals surface area contributed by atoms with E-state index >= 15 is 0 Å². The molecule has 0 saturated heterocycles. The number of rotatable bonds is 6. The van der Waals surface area contributed by atoms with Crippen molar-refractivity contribution < 1.29 is 22.4 Å². The Bertz CT molecular complexity index is 952. The summed E-state index contributed by atoms with van der Waals surface area (Å²) in [7, 11) is 0. The topological polar surface area (TPSA) is 42.2 Å². The summed E-state index contributed by atoms with van der Waals surface area (Å²) in [6.07, 6.45) is 0.489. The van der Waals surface area contributed by atoms with Gasteiger partial charge in [0.05, 0.1) is 11.6 Å². The second-order valence-electron chi connectivity index (χ2n) is 6.21. The predicted octanol–water partition coefficient (Wildman–Crippen LogP) is 5.17. The van der Waals surface area contributed by atoms with Crippen LogP contribution in [0.3, 0.4) is 0 Å². The van der Waals surface area contributed by atoms with Crippen LogP contribution in [0.15, 0.2) is 59.0 Å². The van der Waals surface area contributed by atoms with E-state index in [2.05, 4.69) is 5.32 Å². The molecular weight excluding hydrogens is 355 g/mol. The molecule has 140 valence electrons. The van der Waals surface area contributed by atoms with Crippen molar-refractivity contribution in [3.63, 3.8) is 0 Å². The fraction of sp³-hybridized carbons (Fsp3) is 0.190. The smallest absolute Gasteiger partial charge is 0.220 e. The number of carbonyl (C=O) groups is 1. The quantitative estimate of drug-likeness (QED) is 0.647. The Kier molecular flexibility index (Phi) is 5.64. The molecule has 0 aliphatic rings. The standard InChI is InChI=1S/C21H18F3NO2/c1-13(14-6-9-18(23)19(24)12-14)25-21(26)11-8-15-7-10-20(27-15)16-4-2-3-5-17(16)22/h2-7,9-10,12-13H,8,11H2,1H3,(H,25,26)/t13-/m1/s1. The third-order valence-corrected chi connectivity index (χ3v) is 4.22. The number of hydrogen-bond donors (Lipinski definition) is 1. The molecule has 3 nitrogen and oxygen atoms in total. The molecular formula is C21H18F3NO2. The zero-order valence-corrected chi connectivity index (χ0v) is 14.6. The minimum absolute atomic E-state index is 0.151. The molecule has 0 aliphatic carbocycles. The first-order valence-electron chi connectivity index (χ1n) is 8.52. The van der Waals surface area contributed by atoms with Crippen molar-refractivity contribution in [2.24, 2.45) is 0 Å². The number of amides is 1. The highest BCUT2D eigenvalue weighted by molar-refractivity contribution is 5.76. The van der Waals surface area contributed by atoms with E-state index in [0.717, 1.165) is 12.1 Å². The fourth-order valence-corrected chi connectivity index (χ4v) is 2.73. The molecule has 1 heterocycles. The van der Waals surface area contributed by atoms with E-state index in [1.165, 1.54) is 12.1 Å². The molecule has 0 saturated carbocycles. The predicted molar refractivity (Wildman–Crippen MR) is 95.3 cm³/mol. The highest BCUT2D eigenvalue weighted by Gasteiger charge is 2.14. The molecule has 6 heteroatoms. The van der Waals surface area contributed by atoms with Crippen LogP contribution < -0.4 is 5.32 Å². The van der Waals surface area contributed by atoms with E-state index in [1.54, 1.807) is 37.3 Å². The monoisotopic (exact) mass is 373 g/mol. The van der Waals surface area contributed by atoms with Gasteiger partial charge in [-0.25, -0.2) is 13.2 Å². The Morgan fingerprint density at radius 1 is 1.00 bits per heavy atom. The molecule has 1 aromatic heterocycles. The van der Waals surface area contributed by atoms with Gasteiger partial charge in [0.25, 0.3) is 0 Å². The minimum Gasteiger partial charge on any atom is -0.461 e. The third-order valence-electron chi connectivity index (χ3n) is 4.22. The summed E-state index contributed by atoms with van der Waals surface area (Å²) in [5.41, 5.74) is 0.835. The largest absolute Gasteiger partial charge is 0.461 e. The number of hydrogen-bond acceptors (Lipinski definition) is 2. The summed E-state index contributed by atoms with van der Waals surface area (Å²) >= 11 is 0. The van der Waals surface area contributed by atoms with E-state index in [-0.39, 0.29) is 18.1 Å². The van der Waals surface area contributed by atoms with Crippen molar-refractivity contribution >= 4 is 5.91 Å². The van der Waals surface area contributed by atoms with Crippen LogP contribution in [0.2, 0.25) is 0 Å². The van der Waals surface area contributed by atoms with Crippen LogP contribution in [0.1, 0.15) is 30.7 Å². The van der Waals surface area contributed by atoms with E-state index in [4.69, 9.17) is 4.42 Å². The van der Waals surface area contributed by atoms with Gasteiger partial charge in [-0.1, -0.05) is 18.2 Å². The molecule has 2 aromatic carbocycles. The number of carbonyl (C=O) groups excluding carboxylic acids is 1. The summed E-state index contributed by atoms with van der Waals surface area (Å²) in [6.45, 7) is 1.69. The molecule has 0 radical (unpaired) electrons. The molecule has 0 fully saturated rings. The molecule has 1 amide bonds. The number of furan rings is 1. The molecule has 1 N–H and O–H groups in total. The third kappa shape index (κ3) is 4.58. The van der Waals surface area contributed by atoms with E-state index in [0.29, 0.717) is 29.1 Å². The number of aryl methyl sites for hydroxylation is 1. The van der Waals surface area contributed by atoms with Gasteiger partial charge < -0.3 is 9.73 Å². The van der Waals surface area contributed by atoms with Crippen LogP contribution in [0.5, 0.6) is 0 Å². The zero-order chi connectivity index (χ0) is 19.4. The van der Waals surface area contributed by atoms with Gasteiger partial charge in [0.15, 0.2) is 11.6 Å². The van der Waals surface area contributed by atoms with E-state index in [9.17, 15) is 18.0 Å². The maximum absolute atomic E-state index is 13.8. The molecule has 3 aromatic rings. The summed E-state index contributed by atoms with van der Waals surface area (Å²) < 4.78 is 45.7. The van der Waals surface area contributed by atoms with Gasteiger partial charge in [-0.05, 0) is 48.9 Å².